The van der Waals surface area contributed by atoms with Crippen molar-refractivity contribution in [3.63, 3.8) is 0 Å². The third-order valence-corrected chi connectivity index (χ3v) is 2.83. The summed E-state index contributed by atoms with van der Waals surface area (Å²) in [7, 11) is 1.52. The van der Waals surface area contributed by atoms with Gasteiger partial charge >= 0.3 is 0 Å². The molecular formula is C12H17N3O3. The maximum atomic E-state index is 11.6. The number of likely N-dealkylation sites (tertiary alicyclic amines) is 1. The van der Waals surface area contributed by atoms with Crippen LogP contribution in [0.1, 0.15) is 12.1 Å². The molecule has 1 atom stereocenters. The largest absolute Gasteiger partial charge is 0.471 e. The summed E-state index contributed by atoms with van der Waals surface area (Å²) < 4.78 is 10.5. The first kappa shape index (κ1) is 12.8. The van der Waals surface area contributed by atoms with E-state index in [-0.39, 0.29) is 18.6 Å². The molecule has 98 valence electrons. The van der Waals surface area contributed by atoms with Crippen molar-refractivity contribution in [3.05, 3.63) is 17.8 Å². The minimum absolute atomic E-state index is 0.00131. The molecule has 0 unspecified atom stereocenters. The molecule has 1 aliphatic rings. The quantitative estimate of drug-likeness (QED) is 0.775. The molecule has 0 bridgehead atoms. The van der Waals surface area contributed by atoms with Crippen LogP contribution >= 0.6 is 0 Å². The molecule has 0 aromatic carbocycles. The van der Waals surface area contributed by atoms with Crippen molar-refractivity contribution in [2.24, 2.45) is 0 Å². The summed E-state index contributed by atoms with van der Waals surface area (Å²) >= 11 is 0. The van der Waals surface area contributed by atoms with Crippen molar-refractivity contribution >= 4 is 5.91 Å². The van der Waals surface area contributed by atoms with Crippen LogP contribution in [0.5, 0.6) is 5.88 Å². The highest BCUT2D eigenvalue weighted by Crippen LogP contribution is 2.16. The molecule has 1 amide bonds. The molecule has 0 spiro atoms. The van der Waals surface area contributed by atoms with Crippen LogP contribution in [0.2, 0.25) is 0 Å². The van der Waals surface area contributed by atoms with Crippen molar-refractivity contribution in [3.8, 4) is 5.88 Å². The summed E-state index contributed by atoms with van der Waals surface area (Å²) in [5, 5.41) is 7.88. The first-order chi connectivity index (χ1) is 8.69. The molecule has 0 N–H and O–H groups in total. The van der Waals surface area contributed by atoms with Gasteiger partial charge in [-0.05, 0) is 13.0 Å². The van der Waals surface area contributed by atoms with Gasteiger partial charge in [-0.25, -0.2) is 0 Å². The number of hydrogen-bond acceptors (Lipinski definition) is 5. The standard InChI is InChI=1S/C12H17N3O3/c1-9-3-4-11(14-13-9)18-10-5-6-15(7-10)12(16)8-17-2/h3-4,10H,5-8H2,1-2H3/t10-/m0/s1. The Morgan fingerprint density at radius 1 is 1.50 bits per heavy atom. The topological polar surface area (TPSA) is 64.5 Å². The third-order valence-electron chi connectivity index (χ3n) is 2.83. The van der Waals surface area contributed by atoms with Crippen LogP contribution in [-0.4, -0.2) is 53.9 Å². The third kappa shape index (κ3) is 3.16. The molecule has 0 radical (unpaired) electrons. The van der Waals surface area contributed by atoms with E-state index in [0.717, 1.165) is 12.1 Å². The number of ether oxygens (including phenoxy) is 2. The van der Waals surface area contributed by atoms with Gasteiger partial charge in [0.1, 0.15) is 12.7 Å². The summed E-state index contributed by atoms with van der Waals surface area (Å²) in [5.74, 6) is 0.505. The van der Waals surface area contributed by atoms with Crippen molar-refractivity contribution in [1.29, 1.82) is 0 Å². The van der Waals surface area contributed by atoms with E-state index < -0.39 is 0 Å². The normalized spacial score (nSPS) is 19.0. The fourth-order valence-corrected chi connectivity index (χ4v) is 1.89. The molecule has 18 heavy (non-hydrogen) atoms. The second kappa shape index (κ2) is 5.77. The fraction of sp³-hybridized carbons (Fsp3) is 0.583. The first-order valence-electron chi connectivity index (χ1n) is 5.92. The van der Waals surface area contributed by atoms with Crippen LogP contribution in [0.4, 0.5) is 0 Å². The van der Waals surface area contributed by atoms with Crippen LogP contribution in [0.25, 0.3) is 0 Å². The number of carbonyl (C=O) groups is 1. The van der Waals surface area contributed by atoms with Gasteiger partial charge in [0.05, 0.1) is 12.2 Å². The molecule has 1 aromatic heterocycles. The van der Waals surface area contributed by atoms with Gasteiger partial charge in [-0.2, -0.15) is 5.10 Å². The number of aromatic nitrogens is 2. The van der Waals surface area contributed by atoms with Crippen LogP contribution in [0, 0.1) is 6.92 Å². The highest BCUT2D eigenvalue weighted by molar-refractivity contribution is 5.77. The maximum absolute atomic E-state index is 11.6. The average Bonchev–Trinajstić information content (AvgIpc) is 2.81. The number of amides is 1. The molecule has 0 aliphatic carbocycles. The zero-order valence-electron chi connectivity index (χ0n) is 10.6. The van der Waals surface area contributed by atoms with Gasteiger partial charge in [0, 0.05) is 26.1 Å². The summed E-state index contributed by atoms with van der Waals surface area (Å²) in [5.41, 5.74) is 0.852. The highest BCUT2D eigenvalue weighted by atomic mass is 16.5. The van der Waals surface area contributed by atoms with E-state index in [2.05, 4.69) is 10.2 Å². The Kier molecular flexibility index (Phi) is 4.09. The molecule has 2 rings (SSSR count). The van der Waals surface area contributed by atoms with Crippen LogP contribution in [0.3, 0.4) is 0 Å². The Morgan fingerprint density at radius 3 is 3.00 bits per heavy atom. The van der Waals surface area contributed by atoms with Gasteiger partial charge in [0.25, 0.3) is 0 Å². The van der Waals surface area contributed by atoms with Crippen LogP contribution < -0.4 is 4.74 Å². The van der Waals surface area contributed by atoms with Gasteiger partial charge in [-0.1, -0.05) is 0 Å². The van der Waals surface area contributed by atoms with E-state index in [9.17, 15) is 4.79 Å². The summed E-state index contributed by atoms with van der Waals surface area (Å²) in [6.07, 6.45) is 0.799. The maximum Gasteiger partial charge on any atom is 0.248 e. The number of hydrogen-bond donors (Lipinski definition) is 0. The molecule has 6 heteroatoms. The second-order valence-corrected chi connectivity index (χ2v) is 4.31. The Bertz CT molecular complexity index is 408. The predicted molar refractivity (Wildman–Crippen MR) is 64.3 cm³/mol. The molecular weight excluding hydrogens is 234 g/mol. The van der Waals surface area contributed by atoms with Crippen molar-refractivity contribution in [2.75, 3.05) is 26.8 Å². The number of nitrogens with zero attached hydrogens (tertiary/aromatic N) is 3. The lowest BCUT2D eigenvalue weighted by molar-refractivity contribution is -0.134. The number of methoxy groups -OCH3 is 1. The number of carbonyl (C=O) groups excluding carboxylic acids is 1. The van der Waals surface area contributed by atoms with Gasteiger partial charge in [-0.15, -0.1) is 5.10 Å². The van der Waals surface area contributed by atoms with Crippen molar-refractivity contribution < 1.29 is 14.3 Å². The molecule has 0 saturated carbocycles. The van der Waals surface area contributed by atoms with E-state index >= 15 is 0 Å². The van der Waals surface area contributed by atoms with Crippen molar-refractivity contribution in [2.45, 2.75) is 19.4 Å². The zero-order chi connectivity index (χ0) is 13.0. The van der Waals surface area contributed by atoms with E-state index in [1.165, 1.54) is 7.11 Å². The lowest BCUT2D eigenvalue weighted by Gasteiger charge is -2.16. The first-order valence-corrected chi connectivity index (χ1v) is 5.92. The number of rotatable bonds is 4. The lowest BCUT2D eigenvalue weighted by atomic mass is 10.3. The van der Waals surface area contributed by atoms with E-state index in [0.29, 0.717) is 19.0 Å². The van der Waals surface area contributed by atoms with Gasteiger partial charge in [0.2, 0.25) is 11.8 Å². The summed E-state index contributed by atoms with van der Waals surface area (Å²) in [6, 6.07) is 3.65. The Balaban J connectivity index is 1.86. The second-order valence-electron chi connectivity index (χ2n) is 4.31. The van der Waals surface area contributed by atoms with Crippen LogP contribution in [-0.2, 0) is 9.53 Å². The lowest BCUT2D eigenvalue weighted by Crippen LogP contribution is -2.33. The van der Waals surface area contributed by atoms with Gasteiger partial charge < -0.3 is 14.4 Å². The molecule has 6 nitrogen and oxygen atoms in total. The Labute approximate surface area is 106 Å². The van der Waals surface area contributed by atoms with Gasteiger partial charge in [-0.3, -0.25) is 4.79 Å². The molecule has 1 aromatic rings. The minimum atomic E-state index is -0.0113. The fourth-order valence-electron chi connectivity index (χ4n) is 1.89. The zero-order valence-corrected chi connectivity index (χ0v) is 10.6. The summed E-state index contributed by atoms with van der Waals surface area (Å²) in [4.78, 5) is 13.4. The molecule has 1 saturated heterocycles. The SMILES string of the molecule is COCC(=O)N1CC[C@H](Oc2ccc(C)nn2)C1. The number of aryl methyl sites for hydroxylation is 1. The monoisotopic (exact) mass is 251 g/mol. The smallest absolute Gasteiger partial charge is 0.248 e. The highest BCUT2D eigenvalue weighted by Gasteiger charge is 2.27. The molecule has 1 fully saturated rings. The summed E-state index contributed by atoms with van der Waals surface area (Å²) in [6.45, 7) is 3.28. The van der Waals surface area contributed by atoms with Crippen LogP contribution in [0.15, 0.2) is 12.1 Å². The minimum Gasteiger partial charge on any atom is -0.471 e. The van der Waals surface area contributed by atoms with E-state index in [1.54, 1.807) is 11.0 Å². The molecule has 1 aliphatic heterocycles. The van der Waals surface area contributed by atoms with E-state index in [4.69, 9.17) is 9.47 Å². The van der Waals surface area contributed by atoms with E-state index in [1.807, 2.05) is 13.0 Å². The Morgan fingerprint density at radius 2 is 2.33 bits per heavy atom. The average molecular weight is 251 g/mol. The van der Waals surface area contributed by atoms with Crippen molar-refractivity contribution in [1.82, 2.24) is 15.1 Å². The molecule has 2 heterocycles. The Hall–Kier alpha value is -1.69. The van der Waals surface area contributed by atoms with Gasteiger partial charge in [0.15, 0.2) is 0 Å². The predicted octanol–water partition coefficient (Wildman–Crippen LogP) is 0.411.